The average Bonchev–Trinajstić information content (AvgIpc) is 2.96. The standard InChI is InChI=1S/C40H57NO5.Na/c1-24-22-37(5)19-18-36(4,34(46)41-27(33(44)45)20-25-12-10-9-11-13-25)23-40(37,8)26-21-28(42)32-38(6)17-15-30(43)35(2,3)29(38)14-16-39(32,7)31(24)26;/h9-13,21,24,27,29-32,43H,14-20,22-23H2,1-8H3,(H,41,46)(H,44,45);/q;+1/p-1/t24-,27+,29?,30?,31?,32?,36-,37+,38-,39-,40-;/m0./s1. The van der Waals surface area contributed by atoms with Crippen LogP contribution in [0.2, 0.25) is 0 Å². The summed E-state index contributed by atoms with van der Waals surface area (Å²) in [6.45, 7) is 18.2. The van der Waals surface area contributed by atoms with E-state index in [0.29, 0.717) is 18.8 Å². The molecule has 1 amide bonds. The van der Waals surface area contributed by atoms with Gasteiger partial charge in [0.25, 0.3) is 0 Å². The number of carbonyl (C=O) groups excluding carboxylic acids is 3. The number of benzene rings is 1. The molecule has 6 rings (SSSR count). The van der Waals surface area contributed by atoms with Gasteiger partial charge in [-0.15, -0.1) is 0 Å². The Labute approximate surface area is 304 Å². The van der Waals surface area contributed by atoms with Gasteiger partial charge in [-0.05, 0) is 114 Å². The quantitative estimate of drug-likeness (QED) is 0.476. The van der Waals surface area contributed by atoms with E-state index in [0.717, 1.165) is 44.1 Å². The maximum absolute atomic E-state index is 14.7. The topological polar surface area (TPSA) is 107 Å². The van der Waals surface area contributed by atoms with Gasteiger partial charge in [-0.2, -0.15) is 0 Å². The number of hydrogen-bond donors (Lipinski definition) is 2. The Hall–Kier alpha value is -1.47. The van der Waals surface area contributed by atoms with Gasteiger partial charge in [0.1, 0.15) is 0 Å². The van der Waals surface area contributed by atoms with E-state index >= 15 is 0 Å². The van der Waals surface area contributed by atoms with E-state index < -0.39 is 17.4 Å². The molecule has 11 atom stereocenters. The third kappa shape index (κ3) is 5.45. The third-order valence-electron chi connectivity index (χ3n) is 15.1. The van der Waals surface area contributed by atoms with Crippen LogP contribution in [0.15, 0.2) is 42.0 Å². The number of carboxylic acid groups (broad SMARTS) is 1. The summed E-state index contributed by atoms with van der Waals surface area (Å²) in [4.78, 5) is 41.0. The molecule has 7 heteroatoms. The van der Waals surface area contributed by atoms with Gasteiger partial charge in [0, 0.05) is 11.3 Å². The van der Waals surface area contributed by atoms with E-state index in [1.54, 1.807) is 0 Å². The van der Waals surface area contributed by atoms with Crippen molar-refractivity contribution in [2.75, 3.05) is 0 Å². The molecular formula is C40H56NNaO5. The number of aliphatic carboxylic acids is 1. The molecule has 1 aromatic carbocycles. The van der Waals surface area contributed by atoms with Gasteiger partial charge in [0.15, 0.2) is 5.78 Å². The van der Waals surface area contributed by atoms with Crippen molar-refractivity contribution in [3.63, 3.8) is 0 Å². The summed E-state index contributed by atoms with van der Waals surface area (Å²) in [6, 6.07) is 8.23. The van der Waals surface area contributed by atoms with E-state index in [9.17, 15) is 24.6 Å². The molecule has 0 heterocycles. The summed E-state index contributed by atoms with van der Waals surface area (Å²) >= 11 is 0. The summed E-state index contributed by atoms with van der Waals surface area (Å²) in [5, 5.41) is 26.1. The third-order valence-corrected chi connectivity index (χ3v) is 15.1. The summed E-state index contributed by atoms with van der Waals surface area (Å²) in [5.41, 5.74) is 0.234. The van der Waals surface area contributed by atoms with E-state index in [4.69, 9.17) is 0 Å². The molecule has 0 spiro atoms. The first kappa shape index (κ1) is 36.8. The minimum atomic E-state index is -1.28. The first-order valence-electron chi connectivity index (χ1n) is 17.8. The molecule has 5 aliphatic carbocycles. The number of carbonyl (C=O) groups is 3. The van der Waals surface area contributed by atoms with Crippen molar-refractivity contribution < 1.29 is 54.2 Å². The van der Waals surface area contributed by atoms with Crippen LogP contribution in [-0.4, -0.2) is 34.9 Å². The minimum Gasteiger partial charge on any atom is -0.548 e. The molecule has 0 saturated heterocycles. The average molecular weight is 654 g/mol. The van der Waals surface area contributed by atoms with Gasteiger partial charge < -0.3 is 20.3 Å². The fraction of sp³-hybridized carbons (Fsp3) is 0.725. The minimum absolute atomic E-state index is 0. The van der Waals surface area contributed by atoms with Crippen LogP contribution in [0.5, 0.6) is 0 Å². The zero-order valence-corrected chi connectivity index (χ0v) is 32.4. The molecule has 4 unspecified atom stereocenters. The summed E-state index contributed by atoms with van der Waals surface area (Å²) in [6.07, 6.45) is 8.57. The van der Waals surface area contributed by atoms with Gasteiger partial charge >= 0.3 is 29.6 Å². The van der Waals surface area contributed by atoms with E-state index in [1.807, 2.05) is 43.3 Å². The van der Waals surface area contributed by atoms with Crippen LogP contribution in [0.3, 0.4) is 0 Å². The second-order valence-corrected chi connectivity index (χ2v) is 18.2. The number of rotatable bonds is 5. The van der Waals surface area contributed by atoms with Crippen molar-refractivity contribution in [2.24, 2.45) is 56.2 Å². The molecule has 0 aliphatic heterocycles. The van der Waals surface area contributed by atoms with Crippen molar-refractivity contribution >= 4 is 17.7 Å². The van der Waals surface area contributed by atoms with Crippen LogP contribution in [0, 0.1) is 56.2 Å². The van der Waals surface area contributed by atoms with Gasteiger partial charge in [0.2, 0.25) is 5.91 Å². The van der Waals surface area contributed by atoms with Crippen molar-refractivity contribution in [1.82, 2.24) is 5.32 Å². The number of aliphatic hydroxyl groups is 1. The predicted octanol–water partition coefficient (Wildman–Crippen LogP) is 3.06. The van der Waals surface area contributed by atoms with Crippen LogP contribution < -0.4 is 40.0 Å². The van der Waals surface area contributed by atoms with Crippen molar-refractivity contribution in [3.8, 4) is 0 Å². The largest absolute Gasteiger partial charge is 1.00 e. The van der Waals surface area contributed by atoms with Gasteiger partial charge in [-0.3, -0.25) is 9.59 Å². The number of hydrogen-bond acceptors (Lipinski definition) is 5. The summed E-state index contributed by atoms with van der Waals surface area (Å²) in [7, 11) is 0. The van der Waals surface area contributed by atoms with Crippen LogP contribution in [0.1, 0.15) is 112 Å². The monoisotopic (exact) mass is 653 g/mol. The molecule has 4 saturated carbocycles. The van der Waals surface area contributed by atoms with Crippen LogP contribution in [0.25, 0.3) is 0 Å². The number of aliphatic hydroxyl groups excluding tert-OH is 1. The Kier molecular flexibility index (Phi) is 9.47. The summed E-state index contributed by atoms with van der Waals surface area (Å²) < 4.78 is 0. The fourth-order valence-electron chi connectivity index (χ4n) is 12.7. The van der Waals surface area contributed by atoms with Gasteiger partial charge in [-0.25, -0.2) is 0 Å². The zero-order valence-electron chi connectivity index (χ0n) is 30.4. The number of nitrogens with one attached hydrogen (secondary N) is 1. The van der Waals surface area contributed by atoms with Crippen LogP contribution in [-0.2, 0) is 20.8 Å². The Morgan fingerprint density at radius 1 is 0.957 bits per heavy atom. The number of amides is 1. The second kappa shape index (κ2) is 12.1. The molecule has 5 aliphatic rings. The van der Waals surface area contributed by atoms with Gasteiger partial charge in [0.05, 0.1) is 18.1 Å². The molecular weight excluding hydrogens is 597 g/mol. The second-order valence-electron chi connectivity index (χ2n) is 18.2. The first-order chi connectivity index (χ1) is 21.3. The molecule has 1 aromatic rings. The summed E-state index contributed by atoms with van der Waals surface area (Å²) in [5.74, 6) is -0.439. The van der Waals surface area contributed by atoms with Crippen LogP contribution in [0.4, 0.5) is 0 Å². The molecule has 47 heavy (non-hydrogen) atoms. The van der Waals surface area contributed by atoms with E-state index in [-0.39, 0.29) is 98.6 Å². The Morgan fingerprint density at radius 2 is 1.60 bits per heavy atom. The van der Waals surface area contributed by atoms with E-state index in [1.165, 1.54) is 5.57 Å². The molecule has 0 aromatic heterocycles. The fourth-order valence-corrected chi connectivity index (χ4v) is 12.7. The van der Waals surface area contributed by atoms with Crippen molar-refractivity contribution in [1.29, 1.82) is 0 Å². The number of allylic oxidation sites excluding steroid dienone is 2. The molecule has 0 bridgehead atoms. The normalized spacial score (nSPS) is 44.2. The molecule has 4 fully saturated rings. The van der Waals surface area contributed by atoms with E-state index in [2.05, 4.69) is 53.8 Å². The predicted molar refractivity (Wildman–Crippen MR) is 177 cm³/mol. The molecule has 252 valence electrons. The van der Waals surface area contributed by atoms with Crippen LogP contribution >= 0.6 is 0 Å². The Balaban J connectivity index is 0.00000433. The zero-order chi connectivity index (χ0) is 33.7. The Morgan fingerprint density at radius 3 is 2.23 bits per heavy atom. The SMILES string of the molecule is C[C@H]1C[C@@]2(C)CC[C@](C)(C(=O)N[C@H](Cc3ccccc3)C(=O)[O-])C[C@@]2(C)C2=CC(=O)C3[C@@](C)(CCC4C(C)(C)C(O)CC[C@@]43C)C21.[Na+]. The van der Waals surface area contributed by atoms with Crippen molar-refractivity contribution in [2.45, 2.75) is 125 Å². The maximum Gasteiger partial charge on any atom is 1.00 e. The Bertz CT molecular complexity index is 1460. The number of fused-ring (bicyclic) bond motifs is 7. The first-order valence-corrected chi connectivity index (χ1v) is 17.8. The number of carboxylic acids is 1. The maximum atomic E-state index is 14.7. The van der Waals surface area contributed by atoms with Gasteiger partial charge in [-0.1, -0.05) is 91.3 Å². The van der Waals surface area contributed by atoms with Crippen molar-refractivity contribution in [3.05, 3.63) is 47.5 Å². The molecule has 2 N–H and O–H groups in total. The molecule has 0 radical (unpaired) electrons. The molecule has 6 nitrogen and oxygen atoms in total. The smallest absolute Gasteiger partial charge is 0.548 e. The number of ketones is 1.